The zero-order valence-corrected chi connectivity index (χ0v) is 15.4. The van der Waals surface area contributed by atoms with Crippen molar-refractivity contribution in [3.05, 3.63) is 27.8 Å². The molecule has 8 heteroatoms. The first-order chi connectivity index (χ1) is 12.5. The first-order valence-electron chi connectivity index (χ1n) is 8.93. The van der Waals surface area contributed by atoms with E-state index in [1.165, 1.54) is 4.68 Å². The van der Waals surface area contributed by atoms with E-state index < -0.39 is 0 Å². The summed E-state index contributed by atoms with van der Waals surface area (Å²) in [5.74, 6) is 0. The average molecular weight is 353 g/mol. The minimum Gasteiger partial charge on any atom is -0.361 e. The number of hydrogen-bond donors (Lipinski definition) is 1. The number of fused-ring (bicyclic) bond motifs is 1. The third kappa shape index (κ3) is 2.83. The van der Waals surface area contributed by atoms with Crippen LogP contribution in [0.4, 0.5) is 5.69 Å². The molecule has 0 bridgehead atoms. The molecule has 0 aliphatic carbocycles. The maximum absolute atomic E-state index is 12.8. The van der Waals surface area contributed by atoms with Gasteiger partial charge in [-0.1, -0.05) is 13.8 Å². The van der Waals surface area contributed by atoms with Crippen LogP contribution in [0.5, 0.6) is 0 Å². The molecule has 0 aromatic carbocycles. The lowest BCUT2D eigenvalue weighted by Crippen LogP contribution is -2.57. The molecule has 1 saturated heterocycles. The van der Waals surface area contributed by atoms with Crippen LogP contribution < -0.4 is 15.8 Å². The van der Waals surface area contributed by atoms with Crippen LogP contribution in [-0.4, -0.2) is 39.4 Å². The summed E-state index contributed by atoms with van der Waals surface area (Å²) in [6.45, 7) is 5.73. The van der Waals surface area contributed by atoms with Gasteiger partial charge in [0.2, 0.25) is 0 Å². The first-order valence-corrected chi connectivity index (χ1v) is 8.93. The van der Waals surface area contributed by atoms with Gasteiger partial charge in [0, 0.05) is 32.2 Å². The Morgan fingerprint density at radius 3 is 2.73 bits per heavy atom. The van der Waals surface area contributed by atoms with E-state index in [9.17, 15) is 10.1 Å². The summed E-state index contributed by atoms with van der Waals surface area (Å²) < 4.78 is 3.03. The van der Waals surface area contributed by atoms with Crippen LogP contribution >= 0.6 is 0 Å². The molecule has 2 aromatic heterocycles. The second kappa shape index (κ2) is 7.19. The third-order valence-corrected chi connectivity index (χ3v) is 5.14. The zero-order valence-electron chi connectivity index (χ0n) is 15.4. The second-order valence-corrected chi connectivity index (χ2v) is 6.63. The van der Waals surface area contributed by atoms with Crippen LogP contribution in [0.1, 0.15) is 37.9 Å². The summed E-state index contributed by atoms with van der Waals surface area (Å²) >= 11 is 0. The molecule has 2 atom stereocenters. The van der Waals surface area contributed by atoms with E-state index in [0.717, 1.165) is 19.4 Å². The van der Waals surface area contributed by atoms with Gasteiger partial charge in [-0.05, 0) is 12.8 Å². The van der Waals surface area contributed by atoms with Crippen LogP contribution in [0.3, 0.4) is 0 Å². The van der Waals surface area contributed by atoms with Crippen molar-refractivity contribution in [3.8, 4) is 12.1 Å². The minimum absolute atomic E-state index is 0.115. The number of imidazole rings is 1. The highest BCUT2D eigenvalue weighted by Gasteiger charge is 2.31. The third-order valence-electron chi connectivity index (χ3n) is 5.14. The van der Waals surface area contributed by atoms with Crippen molar-refractivity contribution in [1.82, 2.24) is 19.5 Å². The molecule has 26 heavy (non-hydrogen) atoms. The molecule has 1 fully saturated rings. The Morgan fingerprint density at radius 1 is 1.35 bits per heavy atom. The van der Waals surface area contributed by atoms with E-state index in [1.807, 2.05) is 0 Å². The zero-order chi connectivity index (χ0) is 18.8. The van der Waals surface area contributed by atoms with Gasteiger partial charge in [0.25, 0.3) is 5.56 Å². The van der Waals surface area contributed by atoms with Crippen LogP contribution in [0.25, 0.3) is 5.65 Å². The molecule has 1 aliphatic heterocycles. The highest BCUT2D eigenvalue weighted by molar-refractivity contribution is 5.76. The van der Waals surface area contributed by atoms with Gasteiger partial charge in [-0.25, -0.2) is 14.2 Å². The summed E-state index contributed by atoms with van der Waals surface area (Å²) in [6, 6.07) is 4.66. The van der Waals surface area contributed by atoms with E-state index >= 15 is 0 Å². The van der Waals surface area contributed by atoms with Crippen molar-refractivity contribution in [2.45, 2.75) is 45.2 Å². The van der Waals surface area contributed by atoms with Crippen molar-refractivity contribution >= 4 is 11.3 Å². The molecule has 3 heterocycles. The van der Waals surface area contributed by atoms with Crippen molar-refractivity contribution in [1.29, 1.82) is 10.5 Å². The van der Waals surface area contributed by atoms with E-state index in [0.29, 0.717) is 29.6 Å². The van der Waals surface area contributed by atoms with Gasteiger partial charge >= 0.3 is 0 Å². The van der Waals surface area contributed by atoms with E-state index in [-0.39, 0.29) is 23.6 Å². The summed E-state index contributed by atoms with van der Waals surface area (Å²) in [4.78, 5) is 19.5. The molecule has 1 aliphatic rings. The molecule has 0 spiro atoms. The van der Waals surface area contributed by atoms with Crippen molar-refractivity contribution in [2.24, 2.45) is 7.05 Å². The highest BCUT2D eigenvalue weighted by atomic mass is 16.1. The lowest BCUT2D eigenvalue weighted by molar-refractivity contribution is 0.378. The van der Waals surface area contributed by atoms with Crippen LogP contribution in [0.15, 0.2) is 11.0 Å². The van der Waals surface area contributed by atoms with Gasteiger partial charge in [0.15, 0.2) is 5.65 Å². The SMILES string of the molecule is CC[C@@H]1CN(c2c(C#N)c(=O)n(C)n3cc(CC#N)nc23)[C@@H](CC)CN1. The smallest absolute Gasteiger partial charge is 0.285 e. The average Bonchev–Trinajstić information content (AvgIpc) is 3.08. The fourth-order valence-corrected chi connectivity index (χ4v) is 3.60. The number of nitrogens with zero attached hydrogens (tertiary/aromatic N) is 6. The molecule has 0 radical (unpaired) electrons. The van der Waals surface area contributed by atoms with Gasteiger partial charge in [0.05, 0.1) is 24.4 Å². The second-order valence-electron chi connectivity index (χ2n) is 6.63. The number of nitriles is 2. The largest absolute Gasteiger partial charge is 0.361 e. The monoisotopic (exact) mass is 353 g/mol. The van der Waals surface area contributed by atoms with E-state index in [1.54, 1.807) is 17.8 Å². The Hall–Kier alpha value is -2.84. The predicted molar refractivity (Wildman–Crippen MR) is 98.0 cm³/mol. The Kier molecular flexibility index (Phi) is 4.97. The Bertz CT molecular complexity index is 959. The number of anilines is 1. The Balaban J connectivity index is 2.29. The number of aromatic nitrogens is 3. The number of piperazine rings is 1. The first kappa shape index (κ1) is 18.0. The molecular formula is C18H23N7O. The minimum atomic E-state index is -0.350. The maximum Gasteiger partial charge on any atom is 0.285 e. The molecule has 0 unspecified atom stereocenters. The highest BCUT2D eigenvalue weighted by Crippen LogP contribution is 2.28. The van der Waals surface area contributed by atoms with Crippen LogP contribution in [0.2, 0.25) is 0 Å². The summed E-state index contributed by atoms with van der Waals surface area (Å²) in [6.07, 6.45) is 3.71. The molecule has 2 aromatic rings. The Morgan fingerprint density at radius 2 is 2.12 bits per heavy atom. The lowest BCUT2D eigenvalue weighted by atomic mass is 10.0. The molecule has 8 nitrogen and oxygen atoms in total. The lowest BCUT2D eigenvalue weighted by Gasteiger charge is -2.41. The number of hydrogen-bond acceptors (Lipinski definition) is 6. The number of rotatable bonds is 4. The van der Waals surface area contributed by atoms with Crippen LogP contribution in [-0.2, 0) is 13.5 Å². The summed E-state index contributed by atoms with van der Waals surface area (Å²) in [5.41, 5.74) is 1.51. The fourth-order valence-electron chi connectivity index (χ4n) is 3.60. The molecular weight excluding hydrogens is 330 g/mol. The molecule has 3 rings (SSSR count). The number of nitrogens with one attached hydrogen (secondary N) is 1. The van der Waals surface area contributed by atoms with Crippen molar-refractivity contribution in [2.75, 3.05) is 18.0 Å². The van der Waals surface area contributed by atoms with Crippen molar-refractivity contribution < 1.29 is 0 Å². The standard InChI is InChI=1S/C18H23N7O/c1-4-12-10-24(14(5-2)9-21-12)16-15(8-20)18(26)23(3)25-11-13(6-7-19)22-17(16)25/h11-12,14,21H,4-6,9-10H2,1-3H3/t12-,14+/m1/s1. The van der Waals surface area contributed by atoms with E-state index in [4.69, 9.17) is 5.26 Å². The molecule has 1 N–H and O–H groups in total. The Labute approximate surface area is 152 Å². The van der Waals surface area contributed by atoms with Crippen molar-refractivity contribution in [3.63, 3.8) is 0 Å². The van der Waals surface area contributed by atoms with Gasteiger partial charge in [-0.2, -0.15) is 10.5 Å². The normalized spacial score (nSPS) is 20.1. The molecule has 0 amide bonds. The van der Waals surface area contributed by atoms with E-state index in [2.05, 4.69) is 41.2 Å². The predicted octanol–water partition coefficient (Wildman–Crippen LogP) is 0.938. The number of aryl methyl sites for hydroxylation is 1. The topological polar surface area (TPSA) is 102 Å². The maximum atomic E-state index is 12.8. The van der Waals surface area contributed by atoms with Gasteiger partial charge in [-0.3, -0.25) is 4.79 Å². The molecule has 136 valence electrons. The van der Waals surface area contributed by atoms with Gasteiger partial charge in [0.1, 0.15) is 17.3 Å². The fraction of sp³-hybridized carbons (Fsp3) is 0.556. The molecule has 0 saturated carbocycles. The van der Waals surface area contributed by atoms with Gasteiger partial charge < -0.3 is 10.2 Å². The quantitative estimate of drug-likeness (QED) is 0.877. The van der Waals surface area contributed by atoms with Gasteiger partial charge in [-0.15, -0.1) is 0 Å². The summed E-state index contributed by atoms with van der Waals surface area (Å²) in [5, 5.41) is 22.2. The summed E-state index contributed by atoms with van der Waals surface area (Å²) in [7, 11) is 1.61. The van der Waals surface area contributed by atoms with Crippen LogP contribution in [0, 0.1) is 22.7 Å².